The Kier molecular flexibility index (Phi) is 5.69. The lowest BCUT2D eigenvalue weighted by atomic mass is 9.86. The number of hydrogen-bond acceptors (Lipinski definition) is 2. The smallest absolute Gasteiger partial charge is 0.207 e. The van der Waals surface area contributed by atoms with Gasteiger partial charge in [-0.2, -0.15) is 0 Å². The van der Waals surface area contributed by atoms with Crippen molar-refractivity contribution < 1.29 is 21.6 Å². The summed E-state index contributed by atoms with van der Waals surface area (Å²) in [6.07, 6.45) is 0.286. The first-order valence-electron chi connectivity index (χ1n) is 6.22. The maximum atomic E-state index is 13.6. The second kappa shape index (κ2) is 6.54. The molecule has 1 aromatic carbocycles. The molecule has 0 aliphatic heterocycles. The topological polar surface area (TPSA) is 46.2 Å². The molecule has 3 nitrogen and oxygen atoms in total. The molecule has 1 atom stereocenters. The maximum Gasteiger partial charge on any atom is 0.246 e. The third kappa shape index (κ3) is 4.59. The quantitative estimate of drug-likeness (QED) is 0.833. The van der Waals surface area contributed by atoms with Crippen LogP contribution in [0.25, 0.3) is 0 Å². The summed E-state index contributed by atoms with van der Waals surface area (Å²) < 4.78 is 66.6. The number of hydrogen-bond donors (Lipinski definition) is 1. The predicted octanol–water partition coefficient (Wildman–Crippen LogP) is 3.43. The summed E-state index contributed by atoms with van der Waals surface area (Å²) in [5.41, 5.74) is -0.505. The number of alkyl halides is 1. The normalized spacial score (nSPS) is 14.2. The Hall–Kier alpha value is -0.790. The van der Waals surface area contributed by atoms with E-state index >= 15 is 0 Å². The van der Waals surface area contributed by atoms with E-state index in [-0.39, 0.29) is 12.3 Å². The summed E-state index contributed by atoms with van der Waals surface area (Å²) >= 11 is 5.63. The standard InChI is InChI=1S/C13H17ClF3NO2S/c1-13(2,3)11(4-5-14)18-21(19,20)12-9(16)6-8(15)7-10(12)17/h6-7,11,18H,4-5H2,1-3H3. The number of nitrogens with one attached hydrogen (secondary N) is 1. The van der Waals surface area contributed by atoms with Crippen LogP contribution in [0.1, 0.15) is 27.2 Å². The molecule has 0 amide bonds. The molecular formula is C13H17ClF3NO2S. The lowest BCUT2D eigenvalue weighted by Crippen LogP contribution is -2.44. The first-order valence-corrected chi connectivity index (χ1v) is 8.23. The van der Waals surface area contributed by atoms with E-state index in [0.717, 1.165) is 0 Å². The van der Waals surface area contributed by atoms with Crippen molar-refractivity contribution in [2.24, 2.45) is 5.41 Å². The van der Waals surface area contributed by atoms with Crippen molar-refractivity contribution in [1.29, 1.82) is 0 Å². The first kappa shape index (κ1) is 18.3. The number of halogens is 4. The van der Waals surface area contributed by atoms with Gasteiger partial charge in [-0.15, -0.1) is 11.6 Å². The molecule has 0 saturated carbocycles. The molecule has 0 aliphatic carbocycles. The average molecular weight is 344 g/mol. The SMILES string of the molecule is CC(C)(C)C(CCCl)NS(=O)(=O)c1c(F)cc(F)cc1F. The highest BCUT2D eigenvalue weighted by Gasteiger charge is 2.32. The molecule has 21 heavy (non-hydrogen) atoms. The Labute approximate surface area is 127 Å². The van der Waals surface area contributed by atoms with Crippen molar-refractivity contribution >= 4 is 21.6 Å². The molecule has 0 saturated heterocycles. The molecule has 1 N–H and O–H groups in total. The van der Waals surface area contributed by atoms with Crippen molar-refractivity contribution in [3.05, 3.63) is 29.6 Å². The second-order valence-corrected chi connectivity index (χ2v) is 7.74. The molecule has 0 aliphatic rings. The van der Waals surface area contributed by atoms with E-state index in [9.17, 15) is 21.6 Å². The van der Waals surface area contributed by atoms with Gasteiger partial charge >= 0.3 is 0 Å². The molecule has 8 heteroatoms. The third-order valence-corrected chi connectivity index (χ3v) is 4.71. The van der Waals surface area contributed by atoms with Gasteiger partial charge in [0.1, 0.15) is 17.5 Å². The van der Waals surface area contributed by atoms with Gasteiger partial charge in [0.25, 0.3) is 0 Å². The lowest BCUT2D eigenvalue weighted by molar-refractivity contribution is 0.292. The molecule has 120 valence electrons. The van der Waals surface area contributed by atoms with Crippen LogP contribution in [0.5, 0.6) is 0 Å². The molecule has 1 unspecified atom stereocenters. The van der Waals surface area contributed by atoms with Crippen molar-refractivity contribution in [1.82, 2.24) is 4.72 Å². The second-order valence-electron chi connectivity index (χ2n) is 5.72. The van der Waals surface area contributed by atoms with Crippen LogP contribution < -0.4 is 4.72 Å². The first-order chi connectivity index (χ1) is 9.49. The summed E-state index contributed by atoms with van der Waals surface area (Å²) in [6.45, 7) is 5.30. The van der Waals surface area contributed by atoms with Crippen LogP contribution in [0.15, 0.2) is 17.0 Å². The fourth-order valence-corrected chi connectivity index (χ4v) is 3.62. The van der Waals surface area contributed by atoms with Crippen molar-refractivity contribution in [2.45, 2.75) is 38.1 Å². The van der Waals surface area contributed by atoms with Crippen molar-refractivity contribution in [2.75, 3.05) is 5.88 Å². The molecule has 0 spiro atoms. The third-order valence-electron chi connectivity index (χ3n) is 2.97. The molecule has 0 heterocycles. The molecule has 1 aromatic rings. The van der Waals surface area contributed by atoms with Gasteiger partial charge in [0.2, 0.25) is 10.0 Å². The van der Waals surface area contributed by atoms with E-state index in [1.54, 1.807) is 20.8 Å². The van der Waals surface area contributed by atoms with Gasteiger partial charge in [-0.25, -0.2) is 26.3 Å². The molecular weight excluding hydrogens is 327 g/mol. The van der Waals surface area contributed by atoms with E-state index in [1.165, 1.54) is 0 Å². The number of benzene rings is 1. The van der Waals surface area contributed by atoms with E-state index < -0.39 is 43.8 Å². The van der Waals surface area contributed by atoms with Gasteiger partial charge in [0.05, 0.1) is 0 Å². The summed E-state index contributed by atoms with van der Waals surface area (Å²) in [6, 6.07) is 0.0279. The minimum absolute atomic E-state index is 0.179. The van der Waals surface area contributed by atoms with Crippen molar-refractivity contribution in [3.8, 4) is 0 Å². The summed E-state index contributed by atoms with van der Waals surface area (Å²) in [5.74, 6) is -3.95. The van der Waals surface area contributed by atoms with Crippen LogP contribution in [0, 0.1) is 22.9 Å². The monoisotopic (exact) mass is 343 g/mol. The van der Waals surface area contributed by atoms with Gasteiger partial charge < -0.3 is 0 Å². The molecule has 0 fully saturated rings. The number of rotatable bonds is 5. The fourth-order valence-electron chi connectivity index (χ4n) is 1.81. The van der Waals surface area contributed by atoms with E-state index in [0.29, 0.717) is 12.1 Å². The zero-order chi connectivity index (χ0) is 16.4. The van der Waals surface area contributed by atoms with Crippen LogP contribution in [0.4, 0.5) is 13.2 Å². The molecule has 0 radical (unpaired) electrons. The highest BCUT2D eigenvalue weighted by atomic mass is 35.5. The fraction of sp³-hybridized carbons (Fsp3) is 0.538. The Bertz CT molecular complexity index is 591. The zero-order valence-electron chi connectivity index (χ0n) is 11.9. The minimum Gasteiger partial charge on any atom is -0.207 e. The highest BCUT2D eigenvalue weighted by molar-refractivity contribution is 7.89. The molecule has 1 rings (SSSR count). The minimum atomic E-state index is -4.47. The Morgan fingerprint density at radius 2 is 1.67 bits per heavy atom. The Balaban J connectivity index is 3.23. The van der Waals surface area contributed by atoms with Crippen molar-refractivity contribution in [3.63, 3.8) is 0 Å². The summed E-state index contributed by atoms with van der Waals surface area (Å²) in [7, 11) is -4.47. The van der Waals surface area contributed by atoms with Crippen LogP contribution in [-0.4, -0.2) is 20.3 Å². The predicted molar refractivity (Wildman–Crippen MR) is 75.2 cm³/mol. The van der Waals surface area contributed by atoms with Crippen LogP contribution in [0.2, 0.25) is 0 Å². The van der Waals surface area contributed by atoms with Gasteiger partial charge in [-0.05, 0) is 11.8 Å². The average Bonchev–Trinajstić information content (AvgIpc) is 2.24. The van der Waals surface area contributed by atoms with Gasteiger partial charge in [0.15, 0.2) is 4.90 Å². The zero-order valence-corrected chi connectivity index (χ0v) is 13.5. The van der Waals surface area contributed by atoms with Crippen LogP contribution in [0.3, 0.4) is 0 Å². The van der Waals surface area contributed by atoms with E-state index in [1.807, 2.05) is 0 Å². The number of sulfonamides is 1. The summed E-state index contributed by atoms with van der Waals surface area (Å²) in [5, 5.41) is 0. The van der Waals surface area contributed by atoms with Crippen LogP contribution in [-0.2, 0) is 10.0 Å². The highest BCUT2D eigenvalue weighted by Crippen LogP contribution is 2.26. The van der Waals surface area contributed by atoms with Crippen LogP contribution >= 0.6 is 11.6 Å². The van der Waals surface area contributed by atoms with Gasteiger partial charge in [0, 0.05) is 24.1 Å². The molecule has 0 bridgehead atoms. The van der Waals surface area contributed by atoms with E-state index in [4.69, 9.17) is 11.6 Å². The van der Waals surface area contributed by atoms with Gasteiger partial charge in [-0.1, -0.05) is 20.8 Å². The Morgan fingerprint density at radius 1 is 1.19 bits per heavy atom. The Morgan fingerprint density at radius 3 is 2.05 bits per heavy atom. The lowest BCUT2D eigenvalue weighted by Gasteiger charge is -2.30. The largest absolute Gasteiger partial charge is 0.246 e. The summed E-state index contributed by atoms with van der Waals surface area (Å²) in [4.78, 5) is -1.19. The van der Waals surface area contributed by atoms with Gasteiger partial charge in [-0.3, -0.25) is 0 Å². The molecule has 0 aromatic heterocycles. The van der Waals surface area contributed by atoms with E-state index in [2.05, 4.69) is 4.72 Å². The maximum absolute atomic E-state index is 13.6.